The van der Waals surface area contributed by atoms with Gasteiger partial charge in [0, 0.05) is 94.4 Å². The van der Waals surface area contributed by atoms with Gasteiger partial charge in [-0.15, -0.1) is 0 Å². The van der Waals surface area contributed by atoms with Crippen LogP contribution in [-0.4, -0.2) is 93.9 Å². The second kappa shape index (κ2) is 26.9. The highest BCUT2D eigenvalue weighted by atomic mass is 16.3. The van der Waals surface area contributed by atoms with Crippen molar-refractivity contribution in [2.24, 2.45) is 0 Å². The van der Waals surface area contributed by atoms with Gasteiger partial charge in [-0.3, -0.25) is 52.7 Å². The molecule has 21 heteroatoms. The van der Waals surface area contributed by atoms with E-state index < -0.39 is 11.8 Å². The lowest BCUT2D eigenvalue weighted by Gasteiger charge is -2.21. The molecule has 0 aliphatic heterocycles. The Morgan fingerprint density at radius 1 is 0.275 bits per heavy atom. The van der Waals surface area contributed by atoms with Gasteiger partial charge in [0.05, 0.1) is 67.3 Å². The van der Waals surface area contributed by atoms with Gasteiger partial charge in [-0.05, 0) is 48.5 Å². The van der Waals surface area contributed by atoms with Crippen molar-refractivity contribution >= 4 is 109 Å². The molecule has 12 aromatic carbocycles. The van der Waals surface area contributed by atoms with Crippen LogP contribution in [0.5, 0.6) is 5.75 Å². The normalized spacial score (nSPS) is 12.9. The van der Waals surface area contributed by atoms with Gasteiger partial charge in [-0.2, -0.15) is 15.0 Å². The monoisotopic (exact) mass is 1420 g/mol. The molecular weight excluding hydrogens is 1380 g/mol. The number of carbonyl (C=O) groups excluding carboxylic acids is 11. The largest absolute Gasteiger partial charge is 0.507 e. The van der Waals surface area contributed by atoms with E-state index in [0.717, 1.165) is 0 Å². The van der Waals surface area contributed by atoms with E-state index in [2.05, 4.69) is 46.2 Å². The van der Waals surface area contributed by atoms with E-state index >= 15 is 0 Å². The van der Waals surface area contributed by atoms with Crippen LogP contribution in [0.3, 0.4) is 0 Å². The molecule has 0 unspecified atom stereocenters. The van der Waals surface area contributed by atoms with E-state index in [0.29, 0.717) is 101 Å². The molecule has 21 nitrogen and oxygen atoms in total. The van der Waals surface area contributed by atoms with E-state index in [1.165, 1.54) is 18.5 Å². The molecule has 0 saturated carbocycles. The summed E-state index contributed by atoms with van der Waals surface area (Å²) >= 11 is 0. The molecule has 5 aliphatic rings. The Bertz CT molecular complexity index is 6330. The summed E-state index contributed by atoms with van der Waals surface area (Å²) < 4.78 is 0. The van der Waals surface area contributed by atoms with Gasteiger partial charge >= 0.3 is 0 Å². The number of para-hydroxylation sites is 1. The van der Waals surface area contributed by atoms with E-state index in [9.17, 15) is 57.8 Å². The number of nitrogens with zero attached hydrogens (tertiary/aromatic N) is 5. The summed E-state index contributed by atoms with van der Waals surface area (Å²) in [6.07, 6.45) is 1.37. The molecule has 0 fully saturated rings. The minimum absolute atomic E-state index is 0.0834. The van der Waals surface area contributed by atoms with Gasteiger partial charge in [0.15, 0.2) is 57.9 Å². The number of amides is 2. The van der Waals surface area contributed by atoms with Crippen LogP contribution in [0.4, 0.5) is 34.6 Å². The molecule has 0 saturated heterocycles. The number of aromatic hydroxyl groups is 1. The van der Waals surface area contributed by atoms with E-state index in [1.54, 1.807) is 206 Å². The fourth-order valence-electron chi connectivity index (χ4n) is 14.3. The number of benzene rings is 12. The molecule has 518 valence electrons. The van der Waals surface area contributed by atoms with Crippen LogP contribution in [-0.2, 0) is 0 Å². The fourth-order valence-corrected chi connectivity index (χ4v) is 14.3. The standard InChI is InChI=1S/C37H21N5O4.C30H15N3O4.C21H13NO4/c43-31-21-12-4-6-14-23(21)33(45)29-25(31)16-8-18-27(29)38-36-40-35(20-10-2-1-3-11-20)41-37(42-36)39-28-19-9-17-26-30(28)34(46)24-15-7-5-13-22(24)32(26)44;34-27-16-7-2-1-6-15(16)25-24-20(27)12-13-21(26(24)32-14-31-25)30(37)33-22-11-5-10-19-23(22)29(36)18-9-4-3-8-17(18)28(19)35;23-17-11-4-3-8-14(17)21(26)22-16-10-5-9-15-18(16)20(25)13-7-2-1-6-12(13)19(15)24/h1-19H,(H2,38,39,40,41,42);1-14H,(H,33,37);1-11,23H,(H,22,26). The molecule has 2 amide bonds. The van der Waals surface area contributed by atoms with Crippen molar-refractivity contribution in [2.45, 2.75) is 0 Å². The average molecular weight is 1420 g/mol. The number of rotatable bonds is 9. The summed E-state index contributed by atoms with van der Waals surface area (Å²) in [5.41, 5.74) is 9.27. The highest BCUT2D eigenvalue weighted by Gasteiger charge is 2.37. The Labute approximate surface area is 617 Å². The van der Waals surface area contributed by atoms with Crippen molar-refractivity contribution < 1.29 is 57.8 Å². The number of aromatic nitrogens is 5. The third-order valence-electron chi connectivity index (χ3n) is 19.3. The van der Waals surface area contributed by atoms with Crippen LogP contribution in [0, 0.1) is 0 Å². The summed E-state index contributed by atoms with van der Waals surface area (Å²) in [7, 11) is 0. The summed E-state index contributed by atoms with van der Waals surface area (Å²) in [4.78, 5) is 168. The highest BCUT2D eigenvalue weighted by molar-refractivity contribution is 6.34. The van der Waals surface area contributed by atoms with Crippen molar-refractivity contribution in [3.63, 3.8) is 0 Å². The number of ketones is 9. The first-order valence-corrected chi connectivity index (χ1v) is 34.0. The number of fused-ring (bicyclic) bond motifs is 10. The number of hydrogen-bond donors (Lipinski definition) is 5. The lowest BCUT2D eigenvalue weighted by molar-refractivity contribution is 0.0978. The quantitative estimate of drug-likeness (QED) is 0.0896. The van der Waals surface area contributed by atoms with Gasteiger partial charge in [0.1, 0.15) is 12.1 Å². The van der Waals surface area contributed by atoms with Gasteiger partial charge in [-0.1, -0.05) is 212 Å². The third kappa shape index (κ3) is 11.4. The lowest BCUT2D eigenvalue weighted by Crippen LogP contribution is -2.24. The fraction of sp³-hybridized carbons (Fsp3) is 0. The Morgan fingerprint density at radius 2 is 0.606 bits per heavy atom. The molecule has 0 atom stereocenters. The van der Waals surface area contributed by atoms with Gasteiger partial charge in [0.2, 0.25) is 11.9 Å². The SMILES string of the molecule is O=C(Nc1cccc2c1C(=O)c1ccccc1C2=O)c1ccccc1O.O=C1c2ccccc2C(=O)c2c(NC(=O)c3ccc4c5c(ncnc35)-c3ccccc3C4=O)cccc21.O=C1c2ccccc2C(=O)c2c(Nc3nc(Nc4cccc5c4C(=O)c4ccccc4C5=O)nc(-c4ccccc4)n3)cccc21. The van der Waals surface area contributed by atoms with Crippen molar-refractivity contribution in [1.29, 1.82) is 0 Å². The highest BCUT2D eigenvalue weighted by Crippen LogP contribution is 2.42. The summed E-state index contributed by atoms with van der Waals surface area (Å²) in [6, 6.07) is 72.0. The number of nitrogens with one attached hydrogen (secondary N) is 4. The van der Waals surface area contributed by atoms with Crippen LogP contribution >= 0.6 is 0 Å². The summed E-state index contributed by atoms with van der Waals surface area (Å²) in [6.45, 7) is 0. The van der Waals surface area contributed by atoms with Crippen molar-refractivity contribution in [2.75, 3.05) is 21.3 Å². The first kappa shape index (κ1) is 66.6. The first-order valence-electron chi connectivity index (χ1n) is 34.0. The first-order chi connectivity index (χ1) is 53.1. The van der Waals surface area contributed by atoms with Crippen LogP contribution < -0.4 is 21.3 Å². The molecule has 0 radical (unpaired) electrons. The number of hydrogen-bond acceptors (Lipinski definition) is 19. The maximum atomic E-state index is 13.6. The Kier molecular flexibility index (Phi) is 16.4. The molecule has 2 heterocycles. The molecule has 14 aromatic rings. The second-order valence-electron chi connectivity index (χ2n) is 25.6. The van der Waals surface area contributed by atoms with Gasteiger partial charge in [0.25, 0.3) is 11.8 Å². The Morgan fingerprint density at radius 3 is 1.03 bits per heavy atom. The maximum Gasteiger partial charge on any atom is 0.259 e. The van der Waals surface area contributed by atoms with Crippen LogP contribution in [0.2, 0.25) is 0 Å². The van der Waals surface area contributed by atoms with Crippen LogP contribution in [0.25, 0.3) is 33.5 Å². The zero-order valence-electron chi connectivity index (χ0n) is 56.6. The third-order valence-corrected chi connectivity index (χ3v) is 19.3. The molecule has 2 aromatic heterocycles. The summed E-state index contributed by atoms with van der Waals surface area (Å²) in [5, 5.41) is 22.1. The molecule has 0 bridgehead atoms. The van der Waals surface area contributed by atoms with Crippen LogP contribution in [0.1, 0.15) is 164 Å². The van der Waals surface area contributed by atoms with Crippen molar-refractivity contribution in [3.8, 4) is 28.4 Å². The topological polar surface area (TPSA) is 321 Å². The molecule has 5 N–H and O–H groups in total. The second-order valence-corrected chi connectivity index (χ2v) is 25.6. The minimum Gasteiger partial charge on any atom is -0.507 e. The predicted molar refractivity (Wildman–Crippen MR) is 403 cm³/mol. The van der Waals surface area contributed by atoms with Gasteiger partial charge < -0.3 is 26.4 Å². The number of anilines is 6. The van der Waals surface area contributed by atoms with Gasteiger partial charge in [-0.25, -0.2) is 9.97 Å². The molecule has 0 spiro atoms. The van der Waals surface area contributed by atoms with Crippen molar-refractivity contribution in [1.82, 2.24) is 24.9 Å². The minimum atomic E-state index is -0.560. The van der Waals surface area contributed by atoms with E-state index in [4.69, 9.17) is 0 Å². The van der Waals surface area contributed by atoms with E-state index in [-0.39, 0.29) is 137 Å². The predicted octanol–water partition coefficient (Wildman–Crippen LogP) is 14.9. The molecule has 19 rings (SSSR count). The van der Waals surface area contributed by atoms with Crippen LogP contribution in [0.15, 0.2) is 267 Å². The molecule has 5 aliphatic carbocycles. The Balaban J connectivity index is 0.000000124. The lowest BCUT2D eigenvalue weighted by atomic mass is 9.83. The van der Waals surface area contributed by atoms with E-state index in [1.807, 2.05) is 42.5 Å². The number of phenolic OH excluding ortho intramolecular Hbond substituents is 1. The average Bonchev–Trinajstić information content (AvgIpc) is 0.747. The summed E-state index contributed by atoms with van der Waals surface area (Å²) in [5.74, 6) is -3.13. The number of phenols is 1. The smallest absolute Gasteiger partial charge is 0.259 e. The zero-order valence-corrected chi connectivity index (χ0v) is 56.6. The zero-order chi connectivity index (χ0) is 74.9. The number of carbonyl (C=O) groups is 11. The Hall–Kier alpha value is -15.6. The van der Waals surface area contributed by atoms with Crippen molar-refractivity contribution in [3.05, 3.63) is 378 Å². The molecular formula is C88H49N9O12. The maximum absolute atomic E-state index is 13.6. The molecule has 109 heavy (non-hydrogen) atoms.